The average molecular weight is 1920 g/mol. The quantitative estimate of drug-likeness (QED) is 0.121. The van der Waals surface area contributed by atoms with E-state index in [1.54, 1.807) is 0 Å². The van der Waals surface area contributed by atoms with Crippen LogP contribution in [0, 0.1) is 0 Å². The molecule has 20 aromatic carbocycles. The number of nitrogens with zero attached hydrogens (tertiary/aromatic N) is 11. The summed E-state index contributed by atoms with van der Waals surface area (Å²) in [6.45, 7) is 0. The third kappa shape index (κ3) is 14.0. The van der Waals surface area contributed by atoms with Crippen LogP contribution in [0.4, 0.5) is 0 Å². The van der Waals surface area contributed by atoms with Crippen molar-refractivity contribution >= 4 is 204 Å². The molecular formula is C132H81N11S3. The molecule has 0 fully saturated rings. The molecular weight excluding hydrogens is 1840 g/mol. The second-order valence-electron chi connectivity index (χ2n) is 37.1. The maximum absolute atomic E-state index is 5.38. The van der Waals surface area contributed by atoms with Crippen molar-refractivity contribution in [3.8, 4) is 108 Å². The first kappa shape index (κ1) is 84.2. The minimum absolute atomic E-state index is 0.650. The Morgan fingerprint density at radius 3 is 0.747 bits per heavy atom. The number of benzene rings is 20. The summed E-state index contributed by atoms with van der Waals surface area (Å²) >= 11 is 5.51. The van der Waals surface area contributed by atoms with E-state index in [1.165, 1.54) is 137 Å². The van der Waals surface area contributed by atoms with Crippen LogP contribution in [-0.2, 0) is 0 Å². The Bertz CT molecular complexity index is 10400. The first-order chi connectivity index (χ1) is 72.4. The van der Waals surface area contributed by atoms with Gasteiger partial charge in [-0.1, -0.05) is 370 Å². The molecule has 14 heteroatoms. The van der Waals surface area contributed by atoms with Crippen LogP contribution >= 0.6 is 34.0 Å². The smallest absolute Gasteiger partial charge is 0.235 e. The van der Waals surface area contributed by atoms with E-state index < -0.39 is 0 Å². The molecule has 0 spiro atoms. The summed E-state index contributed by atoms with van der Waals surface area (Å²) in [5.41, 5.74) is 27.6. The predicted molar refractivity (Wildman–Crippen MR) is 615 cm³/mol. The van der Waals surface area contributed by atoms with Crippen LogP contribution < -0.4 is 0 Å². The van der Waals surface area contributed by atoms with E-state index in [0.717, 1.165) is 123 Å². The summed E-state index contributed by atoms with van der Waals surface area (Å²) < 4.78 is 19.3. The molecule has 0 saturated carbocycles. The third-order valence-electron chi connectivity index (χ3n) is 28.7. The maximum atomic E-state index is 5.38. The van der Waals surface area contributed by atoms with Gasteiger partial charge in [0, 0.05) is 159 Å². The number of aromatic nitrogens is 11. The highest BCUT2D eigenvalue weighted by molar-refractivity contribution is 7.27. The van der Waals surface area contributed by atoms with Crippen molar-refractivity contribution in [2.24, 2.45) is 0 Å². The Hall–Kier alpha value is -18.7. The molecule has 0 unspecified atom stereocenters. The maximum Gasteiger partial charge on any atom is 0.235 e. The summed E-state index contributed by atoms with van der Waals surface area (Å²) in [7, 11) is 0. The number of hydrogen-bond donors (Lipinski definition) is 0. The largest absolute Gasteiger partial charge is 0.309 e. The van der Waals surface area contributed by atoms with Gasteiger partial charge in [-0.3, -0.25) is 13.7 Å². The van der Waals surface area contributed by atoms with Crippen LogP contribution in [0.1, 0.15) is 0 Å². The molecule has 31 aromatic rings. The molecule has 0 aliphatic rings. The molecule has 0 radical (unpaired) electrons. The lowest BCUT2D eigenvalue weighted by Gasteiger charge is -2.13. The van der Waals surface area contributed by atoms with Crippen molar-refractivity contribution in [3.63, 3.8) is 0 Å². The molecule has 11 nitrogen and oxygen atoms in total. The van der Waals surface area contributed by atoms with Crippen LogP contribution in [-0.4, -0.2) is 52.7 Å². The second-order valence-corrected chi connectivity index (χ2v) is 40.3. The lowest BCUT2D eigenvalue weighted by molar-refractivity contribution is 0.997. The molecule has 0 bridgehead atoms. The number of para-hydroxylation sites is 5. The van der Waals surface area contributed by atoms with E-state index in [1.807, 2.05) is 64.3 Å². The molecule has 31 rings (SSSR count). The standard InChI is InChI=1S/2C46H28N4S.C40H25N3S/c1-3-13-29(14-4-1)37-28-38(30-15-5-2-6-16-30)48-46(47-37)50-41-25-23-31(49-39-20-10-7-17-32(39)33-18-8-11-21-40(33)49)27-36(41)34-24-26-43-44(45(34)50)35-19-9-12-22-42(35)51-43;1-3-13-29(14-4-1)37-28-38(30-15-5-2-6-16-30)48-46(47-37)50-41-27-31(49-39-20-10-7-17-32(39)33-18-8-11-21-40(33)49)23-24-34(41)35-25-26-43-44(45(35)50)36-19-9-12-22-42(36)51-43;1-3-12-26(13-4-1)28-16-11-17-29(24-28)34-25-33(27-14-5-2-6-15-27)41-40(42-34)43-35-20-9-7-18-30(35)31-22-23-37-38(39(31)43)32-19-8-10-21-36(32)44-37/h2*1-28H;1-25H. The zero-order valence-electron chi connectivity index (χ0n) is 78.4. The Labute approximate surface area is 848 Å². The molecule has 0 aliphatic heterocycles. The Kier molecular flexibility index (Phi) is 20.0. The normalized spacial score (nSPS) is 11.8. The van der Waals surface area contributed by atoms with Crippen molar-refractivity contribution < 1.29 is 0 Å². The number of rotatable bonds is 12. The van der Waals surface area contributed by atoms with Crippen molar-refractivity contribution in [2.75, 3.05) is 0 Å². The van der Waals surface area contributed by atoms with Gasteiger partial charge in [-0.25, -0.2) is 29.9 Å². The van der Waals surface area contributed by atoms with E-state index in [-0.39, 0.29) is 0 Å². The van der Waals surface area contributed by atoms with Crippen LogP contribution in [0.25, 0.3) is 277 Å². The van der Waals surface area contributed by atoms with Crippen molar-refractivity contribution in [2.45, 2.75) is 0 Å². The molecule has 682 valence electrons. The van der Waals surface area contributed by atoms with Gasteiger partial charge >= 0.3 is 0 Å². The predicted octanol–water partition coefficient (Wildman–Crippen LogP) is 35.7. The lowest BCUT2D eigenvalue weighted by Crippen LogP contribution is -2.04. The van der Waals surface area contributed by atoms with E-state index in [9.17, 15) is 0 Å². The monoisotopic (exact) mass is 1920 g/mol. The molecule has 0 amide bonds. The van der Waals surface area contributed by atoms with Gasteiger partial charge in [-0.05, 0) is 132 Å². The zero-order valence-corrected chi connectivity index (χ0v) is 80.9. The highest BCUT2D eigenvalue weighted by atomic mass is 32.1. The Balaban J connectivity index is 0.000000104. The van der Waals surface area contributed by atoms with E-state index in [0.29, 0.717) is 17.8 Å². The van der Waals surface area contributed by atoms with E-state index in [2.05, 4.69) is 484 Å². The van der Waals surface area contributed by atoms with Crippen molar-refractivity contribution in [1.29, 1.82) is 0 Å². The van der Waals surface area contributed by atoms with Crippen LogP contribution in [0.5, 0.6) is 0 Å². The molecule has 0 atom stereocenters. The van der Waals surface area contributed by atoms with E-state index in [4.69, 9.17) is 29.9 Å². The molecule has 146 heavy (non-hydrogen) atoms. The fraction of sp³-hybridized carbons (Fsp3) is 0. The number of thiophene rings is 3. The molecule has 0 saturated heterocycles. The first-order valence-corrected chi connectivity index (χ1v) is 51.6. The SMILES string of the molecule is c1ccc(-c2cc(-c3ccccc3)nc(-n3c4cc(-n5c6ccccc6c6ccccc65)ccc4c4ccc5sc6ccccc6c5c43)n2)cc1.c1ccc(-c2cc(-c3ccccc3)nc(-n3c4ccc(-n5c6ccccc6c6ccccc65)cc4c4ccc5sc6ccccc6c5c43)n2)cc1.c1ccc(-c2cccc(-c3cc(-c4ccccc4)nc(-n4c5ccccc5c5ccc6sc7ccccc7c6c54)n3)c2)cc1. The van der Waals surface area contributed by atoms with Crippen LogP contribution in [0.2, 0.25) is 0 Å². The summed E-state index contributed by atoms with van der Waals surface area (Å²) in [6, 6.07) is 175. The van der Waals surface area contributed by atoms with Gasteiger partial charge in [0.1, 0.15) is 0 Å². The fourth-order valence-electron chi connectivity index (χ4n) is 22.2. The summed E-state index contributed by atoms with van der Waals surface area (Å²) in [5, 5.41) is 19.6. The van der Waals surface area contributed by atoms with Crippen molar-refractivity contribution in [3.05, 3.63) is 491 Å². The lowest BCUT2D eigenvalue weighted by atomic mass is 10.0. The highest BCUT2D eigenvalue weighted by Crippen LogP contribution is 2.50. The summed E-state index contributed by atoms with van der Waals surface area (Å²) in [4.78, 5) is 32.1. The number of fused-ring (bicyclic) bond motifs is 27. The average Bonchev–Trinajstić information content (AvgIpc) is 1.56. The highest BCUT2D eigenvalue weighted by Gasteiger charge is 2.29. The van der Waals surface area contributed by atoms with Crippen LogP contribution in [0.3, 0.4) is 0 Å². The minimum Gasteiger partial charge on any atom is -0.309 e. The first-order valence-electron chi connectivity index (χ1n) is 49.1. The molecule has 11 heterocycles. The Morgan fingerprint density at radius 1 is 0.137 bits per heavy atom. The number of hydrogen-bond acceptors (Lipinski definition) is 9. The second kappa shape index (κ2) is 34.6. The summed E-state index contributed by atoms with van der Waals surface area (Å²) in [5.74, 6) is 1.97. The fourth-order valence-corrected chi connectivity index (χ4v) is 25.5. The third-order valence-corrected chi connectivity index (χ3v) is 32.1. The van der Waals surface area contributed by atoms with Gasteiger partial charge in [0.15, 0.2) is 0 Å². The summed E-state index contributed by atoms with van der Waals surface area (Å²) in [6.07, 6.45) is 0. The van der Waals surface area contributed by atoms with Crippen LogP contribution in [0.15, 0.2) is 491 Å². The van der Waals surface area contributed by atoms with Gasteiger partial charge < -0.3 is 9.13 Å². The molecule has 11 aromatic heterocycles. The molecule has 0 N–H and O–H groups in total. The van der Waals surface area contributed by atoms with Gasteiger partial charge in [0.05, 0.1) is 89.3 Å². The van der Waals surface area contributed by atoms with Gasteiger partial charge in [-0.2, -0.15) is 0 Å². The van der Waals surface area contributed by atoms with Crippen molar-refractivity contribution in [1.82, 2.24) is 52.7 Å². The van der Waals surface area contributed by atoms with Gasteiger partial charge in [-0.15, -0.1) is 34.0 Å². The Morgan fingerprint density at radius 2 is 0.384 bits per heavy atom. The topological polar surface area (TPSA) is 102 Å². The van der Waals surface area contributed by atoms with E-state index >= 15 is 0 Å². The zero-order chi connectivity index (χ0) is 96.0. The van der Waals surface area contributed by atoms with Gasteiger partial charge in [0.2, 0.25) is 17.8 Å². The van der Waals surface area contributed by atoms with Gasteiger partial charge in [0.25, 0.3) is 0 Å². The molecule has 0 aliphatic carbocycles. The minimum atomic E-state index is 0.650.